The zero-order valence-electron chi connectivity index (χ0n) is 11.2. The van der Waals surface area contributed by atoms with Crippen LogP contribution in [0, 0.1) is 0 Å². The zero-order chi connectivity index (χ0) is 11.8. The molecule has 1 saturated heterocycles. The second kappa shape index (κ2) is 8.23. The van der Waals surface area contributed by atoms with Crippen LogP contribution in [0.3, 0.4) is 0 Å². The molecule has 1 rings (SSSR count). The van der Waals surface area contributed by atoms with Crippen molar-refractivity contribution in [3.8, 4) is 0 Å². The molecule has 3 nitrogen and oxygen atoms in total. The lowest BCUT2D eigenvalue weighted by Crippen LogP contribution is -2.67. The van der Waals surface area contributed by atoms with Gasteiger partial charge in [-0.3, -0.25) is 9.13 Å². The Morgan fingerprint density at radius 3 is 1.94 bits per heavy atom. The standard InChI is InChI=1S/C12H28N2OSi/c1-4-7-9-13-12(15-11-6-3)14(16-13)10-8-5-2/h12H,4-11,16H2,1-3H3. The van der Waals surface area contributed by atoms with Gasteiger partial charge in [0.15, 0.2) is 16.2 Å². The van der Waals surface area contributed by atoms with Crippen molar-refractivity contribution < 1.29 is 4.74 Å². The Labute approximate surface area is 103 Å². The molecule has 96 valence electrons. The second-order valence-corrected chi connectivity index (χ2v) is 6.58. The first-order valence-corrected chi connectivity index (χ1v) is 8.19. The van der Waals surface area contributed by atoms with Crippen LogP contribution >= 0.6 is 0 Å². The lowest BCUT2D eigenvalue weighted by atomic mass is 10.3. The molecule has 1 heterocycles. The average Bonchev–Trinajstić information content (AvgIpc) is 2.28. The Morgan fingerprint density at radius 1 is 0.938 bits per heavy atom. The van der Waals surface area contributed by atoms with E-state index in [1.165, 1.54) is 38.8 Å². The molecule has 1 fully saturated rings. The molecule has 1 aliphatic heterocycles. The fourth-order valence-corrected chi connectivity index (χ4v) is 3.87. The van der Waals surface area contributed by atoms with Crippen LogP contribution in [0.4, 0.5) is 0 Å². The minimum atomic E-state index is -0.141. The first-order valence-electron chi connectivity index (χ1n) is 6.93. The van der Waals surface area contributed by atoms with Crippen LogP contribution in [-0.2, 0) is 4.74 Å². The third kappa shape index (κ3) is 4.16. The van der Waals surface area contributed by atoms with Gasteiger partial charge in [0, 0.05) is 6.61 Å². The van der Waals surface area contributed by atoms with Gasteiger partial charge in [-0.2, -0.15) is 0 Å². The zero-order valence-corrected chi connectivity index (χ0v) is 12.7. The third-order valence-electron chi connectivity index (χ3n) is 3.06. The molecule has 0 atom stereocenters. The van der Waals surface area contributed by atoms with Crippen LogP contribution in [0.15, 0.2) is 0 Å². The molecule has 0 unspecified atom stereocenters. The van der Waals surface area contributed by atoms with Crippen LogP contribution in [0.25, 0.3) is 0 Å². The van der Waals surface area contributed by atoms with Gasteiger partial charge in [0.25, 0.3) is 0 Å². The number of nitrogens with zero attached hydrogens (tertiary/aromatic N) is 2. The molecule has 0 aliphatic carbocycles. The van der Waals surface area contributed by atoms with E-state index in [0.717, 1.165) is 13.0 Å². The summed E-state index contributed by atoms with van der Waals surface area (Å²) in [5, 5.41) is 0. The summed E-state index contributed by atoms with van der Waals surface area (Å²) in [4.78, 5) is 0. The minimum absolute atomic E-state index is 0.141. The highest BCUT2D eigenvalue weighted by Crippen LogP contribution is 2.19. The van der Waals surface area contributed by atoms with Crippen LogP contribution in [0.5, 0.6) is 0 Å². The molecule has 0 aromatic carbocycles. The summed E-state index contributed by atoms with van der Waals surface area (Å²) in [7, 11) is -0.141. The largest absolute Gasteiger partial charge is 0.351 e. The van der Waals surface area contributed by atoms with Gasteiger partial charge in [0.1, 0.15) is 0 Å². The summed E-state index contributed by atoms with van der Waals surface area (Å²) >= 11 is 0. The normalized spacial score (nSPS) is 23.8. The highest BCUT2D eigenvalue weighted by molar-refractivity contribution is 6.31. The van der Waals surface area contributed by atoms with E-state index >= 15 is 0 Å². The molecule has 0 amide bonds. The summed E-state index contributed by atoms with van der Waals surface area (Å²) in [6.45, 7) is 10.1. The van der Waals surface area contributed by atoms with E-state index in [9.17, 15) is 0 Å². The predicted octanol–water partition coefficient (Wildman–Crippen LogP) is 1.91. The Morgan fingerprint density at radius 2 is 1.50 bits per heavy atom. The molecule has 0 N–H and O–H groups in total. The van der Waals surface area contributed by atoms with Gasteiger partial charge in [-0.1, -0.05) is 33.6 Å². The fraction of sp³-hybridized carbons (Fsp3) is 1.00. The molecule has 0 aromatic rings. The summed E-state index contributed by atoms with van der Waals surface area (Å²) in [6, 6.07) is 0. The lowest BCUT2D eigenvalue weighted by Gasteiger charge is -2.50. The highest BCUT2D eigenvalue weighted by Gasteiger charge is 2.36. The monoisotopic (exact) mass is 244 g/mol. The van der Waals surface area contributed by atoms with Crippen LogP contribution in [0.2, 0.25) is 0 Å². The minimum Gasteiger partial charge on any atom is -0.351 e. The first-order chi connectivity index (χ1) is 7.83. The molecule has 4 heteroatoms. The maximum Gasteiger partial charge on any atom is 0.179 e. The van der Waals surface area contributed by atoms with E-state index in [2.05, 4.69) is 29.9 Å². The molecule has 0 saturated carbocycles. The average molecular weight is 244 g/mol. The van der Waals surface area contributed by atoms with Crippen molar-refractivity contribution in [1.29, 1.82) is 0 Å². The molecule has 1 aliphatic rings. The maximum absolute atomic E-state index is 5.93. The smallest absolute Gasteiger partial charge is 0.179 e. The number of hydrogen-bond donors (Lipinski definition) is 0. The van der Waals surface area contributed by atoms with Gasteiger partial charge >= 0.3 is 0 Å². The van der Waals surface area contributed by atoms with E-state index in [-0.39, 0.29) is 9.84 Å². The summed E-state index contributed by atoms with van der Waals surface area (Å²) < 4.78 is 11.1. The van der Waals surface area contributed by atoms with Crippen molar-refractivity contribution in [2.75, 3.05) is 19.7 Å². The van der Waals surface area contributed by atoms with E-state index in [1.54, 1.807) is 0 Å². The first kappa shape index (κ1) is 14.2. The lowest BCUT2D eigenvalue weighted by molar-refractivity contribution is -0.134. The van der Waals surface area contributed by atoms with E-state index in [0.29, 0.717) is 6.35 Å². The van der Waals surface area contributed by atoms with Crippen LogP contribution in [-0.4, -0.2) is 45.0 Å². The number of hydrogen-bond acceptors (Lipinski definition) is 3. The van der Waals surface area contributed by atoms with E-state index in [4.69, 9.17) is 4.74 Å². The van der Waals surface area contributed by atoms with Gasteiger partial charge in [-0.15, -0.1) is 0 Å². The predicted molar refractivity (Wildman–Crippen MR) is 71.8 cm³/mol. The SMILES string of the molecule is CCCCN1[SiH2]N(CCCC)C1OCCC. The Hall–Kier alpha value is 0.0969. The molecule has 0 aromatic heterocycles. The fourth-order valence-electron chi connectivity index (χ4n) is 2.03. The third-order valence-corrected chi connectivity index (χ3v) is 5.04. The van der Waals surface area contributed by atoms with E-state index in [1.807, 2.05) is 0 Å². The molecular formula is C12H28N2OSi. The molecule has 0 radical (unpaired) electrons. The Balaban J connectivity index is 2.26. The van der Waals surface area contributed by atoms with Gasteiger partial charge in [0.05, 0.1) is 0 Å². The molecule has 0 spiro atoms. The van der Waals surface area contributed by atoms with Gasteiger partial charge in [-0.25, -0.2) is 0 Å². The molecular weight excluding hydrogens is 216 g/mol. The topological polar surface area (TPSA) is 15.7 Å². The van der Waals surface area contributed by atoms with Crippen molar-refractivity contribution in [3.63, 3.8) is 0 Å². The van der Waals surface area contributed by atoms with Crippen LogP contribution < -0.4 is 0 Å². The van der Waals surface area contributed by atoms with Crippen LogP contribution in [0.1, 0.15) is 52.9 Å². The second-order valence-electron chi connectivity index (χ2n) is 4.67. The van der Waals surface area contributed by atoms with Gasteiger partial charge in [0.2, 0.25) is 0 Å². The molecule has 0 bridgehead atoms. The van der Waals surface area contributed by atoms with Crippen molar-refractivity contribution in [1.82, 2.24) is 9.13 Å². The van der Waals surface area contributed by atoms with Gasteiger partial charge < -0.3 is 4.74 Å². The maximum atomic E-state index is 5.93. The Kier molecular flexibility index (Phi) is 7.28. The summed E-state index contributed by atoms with van der Waals surface area (Å²) in [5.74, 6) is 0. The van der Waals surface area contributed by atoms with Crippen molar-refractivity contribution >= 4 is 9.84 Å². The summed E-state index contributed by atoms with van der Waals surface area (Å²) in [6.07, 6.45) is 6.69. The number of unbranched alkanes of at least 4 members (excludes halogenated alkanes) is 2. The van der Waals surface area contributed by atoms with Gasteiger partial charge in [-0.05, 0) is 32.4 Å². The Bertz CT molecular complexity index is 166. The van der Waals surface area contributed by atoms with Crippen molar-refractivity contribution in [2.24, 2.45) is 0 Å². The summed E-state index contributed by atoms with van der Waals surface area (Å²) in [5.41, 5.74) is 0. The molecule has 16 heavy (non-hydrogen) atoms. The number of rotatable bonds is 9. The quantitative estimate of drug-likeness (QED) is 0.576. The van der Waals surface area contributed by atoms with E-state index < -0.39 is 0 Å². The van der Waals surface area contributed by atoms with Crippen molar-refractivity contribution in [2.45, 2.75) is 59.2 Å². The highest BCUT2D eigenvalue weighted by atomic mass is 28.2. The number of ether oxygens (including phenoxy) is 1. The van der Waals surface area contributed by atoms with Crippen molar-refractivity contribution in [3.05, 3.63) is 0 Å².